The van der Waals surface area contributed by atoms with Crippen molar-refractivity contribution in [3.05, 3.63) is 0 Å². The lowest BCUT2D eigenvalue weighted by atomic mass is 9.80. The van der Waals surface area contributed by atoms with E-state index in [1.165, 1.54) is 0 Å². The highest BCUT2D eigenvalue weighted by molar-refractivity contribution is 5.78. The number of carboxylic acid groups (broad SMARTS) is 1. The predicted octanol–water partition coefficient (Wildman–Crippen LogP) is 1.47. The number of ketones is 1. The Labute approximate surface area is 71.8 Å². The average Bonchev–Trinajstić information content (AvgIpc) is 2.04. The molecule has 0 aromatic rings. The van der Waals surface area contributed by atoms with E-state index < -0.39 is 5.97 Å². The van der Waals surface area contributed by atoms with Crippen molar-refractivity contribution in [2.45, 2.75) is 32.6 Å². The van der Waals surface area contributed by atoms with E-state index >= 15 is 0 Å². The first-order valence-corrected chi connectivity index (χ1v) is 4.34. The van der Waals surface area contributed by atoms with Crippen molar-refractivity contribution < 1.29 is 14.7 Å². The second kappa shape index (κ2) is 3.70. The van der Waals surface area contributed by atoms with Crippen molar-refractivity contribution in [1.82, 2.24) is 0 Å². The minimum Gasteiger partial charge on any atom is -0.481 e. The van der Waals surface area contributed by atoms with E-state index in [4.69, 9.17) is 5.11 Å². The maximum absolute atomic E-state index is 10.9. The maximum atomic E-state index is 10.9. The van der Waals surface area contributed by atoms with Gasteiger partial charge in [0.2, 0.25) is 0 Å². The van der Waals surface area contributed by atoms with Gasteiger partial charge in [-0.2, -0.15) is 0 Å². The molecule has 0 unspecified atom stereocenters. The summed E-state index contributed by atoms with van der Waals surface area (Å²) in [6.07, 6.45) is 2.84. The summed E-state index contributed by atoms with van der Waals surface area (Å²) in [5.41, 5.74) is 0. The molecule has 1 saturated carbocycles. The number of carbonyl (C=O) groups excluding carboxylic acids is 1. The average molecular weight is 170 g/mol. The molecule has 0 aromatic heterocycles. The highest BCUT2D eigenvalue weighted by atomic mass is 16.4. The van der Waals surface area contributed by atoms with E-state index in [9.17, 15) is 9.59 Å². The number of carbonyl (C=O) groups is 2. The van der Waals surface area contributed by atoms with Crippen molar-refractivity contribution in [1.29, 1.82) is 0 Å². The SMILES string of the molecule is CC(=O)[C@H]1CC[C@H](C(=O)O)CC1. The quantitative estimate of drug-likeness (QED) is 0.682. The van der Waals surface area contributed by atoms with Crippen LogP contribution < -0.4 is 0 Å². The van der Waals surface area contributed by atoms with Crippen LogP contribution in [0.15, 0.2) is 0 Å². The molecule has 0 amide bonds. The van der Waals surface area contributed by atoms with Gasteiger partial charge in [0, 0.05) is 5.92 Å². The lowest BCUT2D eigenvalue weighted by molar-refractivity contribution is -0.143. The van der Waals surface area contributed by atoms with E-state index in [-0.39, 0.29) is 17.6 Å². The Kier molecular flexibility index (Phi) is 2.84. The first kappa shape index (κ1) is 9.23. The van der Waals surface area contributed by atoms with Crippen LogP contribution >= 0.6 is 0 Å². The van der Waals surface area contributed by atoms with Gasteiger partial charge >= 0.3 is 5.97 Å². The molecule has 1 aliphatic rings. The van der Waals surface area contributed by atoms with Crippen LogP contribution in [0, 0.1) is 11.8 Å². The third-order valence-corrected chi connectivity index (χ3v) is 2.65. The van der Waals surface area contributed by atoms with Crippen LogP contribution in [0.3, 0.4) is 0 Å². The van der Waals surface area contributed by atoms with Gasteiger partial charge in [0.25, 0.3) is 0 Å². The fourth-order valence-corrected chi connectivity index (χ4v) is 1.75. The van der Waals surface area contributed by atoms with E-state index in [1.54, 1.807) is 6.92 Å². The number of hydrogen-bond acceptors (Lipinski definition) is 2. The van der Waals surface area contributed by atoms with Gasteiger partial charge in [0.1, 0.15) is 5.78 Å². The summed E-state index contributed by atoms with van der Waals surface area (Å²) >= 11 is 0. The predicted molar refractivity (Wildman–Crippen MR) is 43.8 cm³/mol. The van der Waals surface area contributed by atoms with Crippen molar-refractivity contribution in [3.8, 4) is 0 Å². The van der Waals surface area contributed by atoms with Gasteiger partial charge < -0.3 is 5.11 Å². The molecule has 12 heavy (non-hydrogen) atoms. The minimum atomic E-state index is -0.711. The Balaban J connectivity index is 2.39. The van der Waals surface area contributed by atoms with Gasteiger partial charge in [0.05, 0.1) is 5.92 Å². The highest BCUT2D eigenvalue weighted by Gasteiger charge is 2.27. The van der Waals surface area contributed by atoms with E-state index in [2.05, 4.69) is 0 Å². The molecule has 1 aliphatic carbocycles. The molecule has 0 aromatic carbocycles. The zero-order valence-corrected chi connectivity index (χ0v) is 7.25. The molecular weight excluding hydrogens is 156 g/mol. The van der Waals surface area contributed by atoms with Gasteiger partial charge in [-0.05, 0) is 32.6 Å². The monoisotopic (exact) mass is 170 g/mol. The largest absolute Gasteiger partial charge is 0.481 e. The van der Waals surface area contributed by atoms with Crippen LogP contribution in [0.2, 0.25) is 0 Å². The number of carboxylic acids is 1. The fourth-order valence-electron chi connectivity index (χ4n) is 1.75. The summed E-state index contributed by atoms with van der Waals surface area (Å²) in [7, 11) is 0. The number of rotatable bonds is 2. The summed E-state index contributed by atoms with van der Waals surface area (Å²) in [5.74, 6) is -0.586. The highest BCUT2D eigenvalue weighted by Crippen LogP contribution is 2.29. The van der Waals surface area contributed by atoms with Gasteiger partial charge in [0.15, 0.2) is 0 Å². The molecular formula is C9H14O3. The normalized spacial score (nSPS) is 29.8. The van der Waals surface area contributed by atoms with Crippen LogP contribution in [-0.2, 0) is 9.59 Å². The van der Waals surface area contributed by atoms with Crippen molar-refractivity contribution >= 4 is 11.8 Å². The summed E-state index contributed by atoms with van der Waals surface area (Å²) in [5, 5.41) is 8.68. The fraction of sp³-hybridized carbons (Fsp3) is 0.778. The standard InChI is InChI=1S/C9H14O3/c1-6(10)7-2-4-8(5-3-7)9(11)12/h7-8H,2-5H2,1H3,(H,11,12)/t7-,8-. The Hall–Kier alpha value is -0.860. The molecule has 1 N–H and O–H groups in total. The first-order valence-electron chi connectivity index (χ1n) is 4.34. The van der Waals surface area contributed by atoms with Crippen molar-refractivity contribution in [2.24, 2.45) is 11.8 Å². The van der Waals surface area contributed by atoms with Gasteiger partial charge in [-0.3, -0.25) is 9.59 Å². The smallest absolute Gasteiger partial charge is 0.306 e. The number of Topliss-reactive ketones (excluding diaryl/α,β-unsaturated/α-hetero) is 1. The van der Waals surface area contributed by atoms with Crippen molar-refractivity contribution in [3.63, 3.8) is 0 Å². The molecule has 0 spiro atoms. The van der Waals surface area contributed by atoms with Gasteiger partial charge in [-0.15, -0.1) is 0 Å². The van der Waals surface area contributed by atoms with Crippen molar-refractivity contribution in [2.75, 3.05) is 0 Å². The lowest BCUT2D eigenvalue weighted by Crippen LogP contribution is -2.24. The number of aliphatic carboxylic acids is 1. The van der Waals surface area contributed by atoms with E-state index in [0.29, 0.717) is 12.8 Å². The molecule has 3 nitrogen and oxygen atoms in total. The maximum Gasteiger partial charge on any atom is 0.306 e. The topological polar surface area (TPSA) is 54.4 Å². The summed E-state index contributed by atoms with van der Waals surface area (Å²) in [6.45, 7) is 1.59. The zero-order valence-electron chi connectivity index (χ0n) is 7.25. The molecule has 1 fully saturated rings. The van der Waals surface area contributed by atoms with Crippen LogP contribution in [0.5, 0.6) is 0 Å². The molecule has 0 bridgehead atoms. The van der Waals surface area contributed by atoms with Gasteiger partial charge in [-0.25, -0.2) is 0 Å². The van der Waals surface area contributed by atoms with E-state index in [1.807, 2.05) is 0 Å². The van der Waals surface area contributed by atoms with Crippen LogP contribution in [0.25, 0.3) is 0 Å². The molecule has 0 radical (unpaired) electrons. The number of hydrogen-bond donors (Lipinski definition) is 1. The van der Waals surface area contributed by atoms with Crippen LogP contribution in [-0.4, -0.2) is 16.9 Å². The summed E-state index contributed by atoms with van der Waals surface area (Å²) in [4.78, 5) is 21.5. The van der Waals surface area contributed by atoms with Crippen LogP contribution in [0.1, 0.15) is 32.6 Å². The third-order valence-electron chi connectivity index (χ3n) is 2.65. The molecule has 1 rings (SSSR count). The minimum absolute atomic E-state index is 0.126. The van der Waals surface area contributed by atoms with E-state index in [0.717, 1.165) is 12.8 Å². The second-order valence-electron chi connectivity index (χ2n) is 3.50. The second-order valence-corrected chi connectivity index (χ2v) is 3.50. The first-order chi connectivity index (χ1) is 5.61. The summed E-state index contributed by atoms with van der Waals surface area (Å²) < 4.78 is 0. The molecule has 0 atom stereocenters. The summed E-state index contributed by atoms with van der Waals surface area (Å²) in [6, 6.07) is 0. The van der Waals surface area contributed by atoms with Crippen LogP contribution in [0.4, 0.5) is 0 Å². The lowest BCUT2D eigenvalue weighted by Gasteiger charge is -2.23. The molecule has 68 valence electrons. The molecule has 0 aliphatic heterocycles. The molecule has 3 heteroatoms. The van der Waals surface area contributed by atoms with Gasteiger partial charge in [-0.1, -0.05) is 0 Å². The Bertz CT molecular complexity index is 168. The molecule has 0 saturated heterocycles. The Morgan fingerprint density at radius 3 is 1.83 bits per heavy atom. The zero-order chi connectivity index (χ0) is 9.14. The Morgan fingerprint density at radius 2 is 1.50 bits per heavy atom. The third kappa shape index (κ3) is 2.06. The Morgan fingerprint density at radius 1 is 1.08 bits per heavy atom. The molecule has 0 heterocycles.